The zero-order valence-electron chi connectivity index (χ0n) is 10.1. The number of amides is 1. The Morgan fingerprint density at radius 2 is 2.11 bits per heavy atom. The first kappa shape index (κ1) is 15.3. The fourth-order valence-corrected chi connectivity index (χ4v) is 2.00. The van der Waals surface area contributed by atoms with E-state index in [-0.39, 0.29) is 24.4 Å². The molecule has 1 unspecified atom stereocenters. The van der Waals surface area contributed by atoms with E-state index < -0.39 is 0 Å². The van der Waals surface area contributed by atoms with Crippen molar-refractivity contribution >= 4 is 29.9 Å². The summed E-state index contributed by atoms with van der Waals surface area (Å²) in [5.74, 6) is 0.588. The number of halogens is 2. The average Bonchev–Trinajstić information content (AvgIpc) is 3.13. The molecule has 5 heteroatoms. The maximum Gasteiger partial charge on any atom is 0.224 e. The van der Waals surface area contributed by atoms with Crippen LogP contribution in [0.1, 0.15) is 18.4 Å². The molecule has 0 aromatic heterocycles. The number of benzene rings is 1. The van der Waals surface area contributed by atoms with Crippen LogP contribution in [0.2, 0.25) is 5.02 Å². The summed E-state index contributed by atoms with van der Waals surface area (Å²) in [5.41, 5.74) is 6.76. The Kier molecular flexibility index (Phi) is 5.93. The van der Waals surface area contributed by atoms with Crippen molar-refractivity contribution in [3.63, 3.8) is 0 Å². The molecule has 1 aromatic carbocycles. The van der Waals surface area contributed by atoms with E-state index in [9.17, 15) is 4.79 Å². The Morgan fingerprint density at radius 3 is 2.72 bits per heavy atom. The summed E-state index contributed by atoms with van der Waals surface area (Å²) >= 11 is 5.99. The van der Waals surface area contributed by atoms with Gasteiger partial charge in [0.2, 0.25) is 5.91 Å². The van der Waals surface area contributed by atoms with Gasteiger partial charge in [0.05, 0.1) is 6.42 Å². The second-order valence-electron chi connectivity index (χ2n) is 4.57. The molecule has 1 aromatic rings. The molecule has 1 saturated carbocycles. The summed E-state index contributed by atoms with van der Waals surface area (Å²) in [5, 5.41) is 3.49. The molecule has 3 nitrogen and oxygen atoms in total. The van der Waals surface area contributed by atoms with Crippen LogP contribution in [0.4, 0.5) is 0 Å². The number of nitrogens with two attached hydrogens (primary N) is 1. The molecule has 1 aliphatic rings. The van der Waals surface area contributed by atoms with Gasteiger partial charge in [0.15, 0.2) is 0 Å². The van der Waals surface area contributed by atoms with Gasteiger partial charge < -0.3 is 11.1 Å². The van der Waals surface area contributed by atoms with Gasteiger partial charge in [-0.15, -0.1) is 12.4 Å². The Bertz CT molecular complexity index is 408. The van der Waals surface area contributed by atoms with Crippen LogP contribution in [-0.2, 0) is 11.2 Å². The normalized spacial score (nSPS) is 15.7. The van der Waals surface area contributed by atoms with E-state index in [1.54, 1.807) is 6.07 Å². The van der Waals surface area contributed by atoms with E-state index in [0.29, 0.717) is 23.9 Å². The van der Waals surface area contributed by atoms with Gasteiger partial charge in [0.25, 0.3) is 0 Å². The lowest BCUT2D eigenvalue weighted by molar-refractivity contribution is -0.120. The van der Waals surface area contributed by atoms with E-state index in [0.717, 1.165) is 5.56 Å². The van der Waals surface area contributed by atoms with Gasteiger partial charge in [0, 0.05) is 17.6 Å². The quantitative estimate of drug-likeness (QED) is 0.872. The Balaban J connectivity index is 0.00000162. The molecule has 0 heterocycles. The first-order valence-electron chi connectivity index (χ1n) is 5.92. The van der Waals surface area contributed by atoms with E-state index in [1.165, 1.54) is 12.8 Å². The van der Waals surface area contributed by atoms with Crippen molar-refractivity contribution in [2.45, 2.75) is 25.3 Å². The molecule has 100 valence electrons. The molecule has 1 aliphatic carbocycles. The Hall–Kier alpha value is -0.770. The molecule has 0 saturated heterocycles. The summed E-state index contributed by atoms with van der Waals surface area (Å²) in [4.78, 5) is 11.7. The third-order valence-electron chi connectivity index (χ3n) is 3.07. The van der Waals surface area contributed by atoms with Gasteiger partial charge in [-0.05, 0) is 30.4 Å². The predicted octanol–water partition coefficient (Wildman–Crippen LogP) is 2.16. The lowest BCUT2D eigenvalue weighted by atomic mass is 10.1. The third kappa shape index (κ3) is 4.48. The van der Waals surface area contributed by atoms with Crippen LogP contribution in [0, 0.1) is 5.92 Å². The Morgan fingerprint density at radius 1 is 1.44 bits per heavy atom. The fraction of sp³-hybridized carbons (Fsp3) is 0.462. The molecule has 0 radical (unpaired) electrons. The number of carbonyl (C=O) groups excluding carboxylic acids is 1. The first-order chi connectivity index (χ1) is 8.16. The molecule has 0 aliphatic heterocycles. The molecule has 1 fully saturated rings. The summed E-state index contributed by atoms with van der Waals surface area (Å²) in [6.07, 6.45) is 2.71. The van der Waals surface area contributed by atoms with E-state index in [1.807, 2.05) is 18.2 Å². The largest absolute Gasteiger partial charge is 0.354 e. The zero-order chi connectivity index (χ0) is 12.3. The number of nitrogens with one attached hydrogen (secondary N) is 1. The topological polar surface area (TPSA) is 55.1 Å². The maximum absolute atomic E-state index is 11.7. The molecule has 1 atom stereocenters. The SMILES string of the molecule is Cl.NC(CNC(=O)Cc1ccccc1Cl)C1CC1. The average molecular weight is 289 g/mol. The van der Waals surface area contributed by atoms with E-state index >= 15 is 0 Å². The van der Waals surface area contributed by atoms with E-state index in [2.05, 4.69) is 5.32 Å². The van der Waals surface area contributed by atoms with Crippen LogP contribution in [0.5, 0.6) is 0 Å². The summed E-state index contributed by atoms with van der Waals surface area (Å²) < 4.78 is 0. The molecule has 1 amide bonds. The minimum absolute atomic E-state index is 0. The van der Waals surface area contributed by atoms with Gasteiger partial charge in [-0.25, -0.2) is 0 Å². The highest BCUT2D eigenvalue weighted by molar-refractivity contribution is 6.31. The fourth-order valence-electron chi connectivity index (χ4n) is 1.80. The molecular weight excluding hydrogens is 271 g/mol. The summed E-state index contributed by atoms with van der Waals surface area (Å²) in [6.45, 7) is 0.563. The maximum atomic E-state index is 11.7. The van der Waals surface area contributed by atoms with Gasteiger partial charge >= 0.3 is 0 Å². The van der Waals surface area contributed by atoms with Crippen LogP contribution >= 0.6 is 24.0 Å². The third-order valence-corrected chi connectivity index (χ3v) is 3.44. The monoisotopic (exact) mass is 288 g/mol. The second-order valence-corrected chi connectivity index (χ2v) is 4.98. The van der Waals surface area contributed by atoms with Crippen molar-refractivity contribution in [1.82, 2.24) is 5.32 Å². The van der Waals surface area contributed by atoms with Crippen LogP contribution in [0.15, 0.2) is 24.3 Å². The zero-order valence-corrected chi connectivity index (χ0v) is 11.6. The number of hydrogen-bond donors (Lipinski definition) is 2. The minimum atomic E-state index is -0.0193. The predicted molar refractivity (Wildman–Crippen MR) is 76.1 cm³/mol. The molecule has 0 spiro atoms. The molecule has 3 N–H and O–H groups in total. The van der Waals surface area contributed by atoms with Crippen molar-refractivity contribution in [2.75, 3.05) is 6.54 Å². The van der Waals surface area contributed by atoms with Crippen molar-refractivity contribution < 1.29 is 4.79 Å². The second kappa shape index (κ2) is 6.98. The highest BCUT2D eigenvalue weighted by atomic mass is 35.5. The summed E-state index contributed by atoms with van der Waals surface area (Å²) in [6, 6.07) is 7.49. The van der Waals surface area contributed by atoms with E-state index in [4.69, 9.17) is 17.3 Å². The highest BCUT2D eigenvalue weighted by Gasteiger charge is 2.28. The number of hydrogen-bond acceptors (Lipinski definition) is 2. The summed E-state index contributed by atoms with van der Waals surface area (Å²) in [7, 11) is 0. The van der Waals surface area contributed by atoms with Crippen molar-refractivity contribution in [1.29, 1.82) is 0 Å². The number of carbonyl (C=O) groups is 1. The van der Waals surface area contributed by atoms with Gasteiger partial charge in [-0.3, -0.25) is 4.79 Å². The number of rotatable bonds is 5. The van der Waals surface area contributed by atoms with Crippen LogP contribution < -0.4 is 11.1 Å². The first-order valence-corrected chi connectivity index (χ1v) is 6.30. The van der Waals surface area contributed by atoms with Crippen LogP contribution in [-0.4, -0.2) is 18.5 Å². The van der Waals surface area contributed by atoms with Crippen molar-refractivity contribution in [3.8, 4) is 0 Å². The lowest BCUT2D eigenvalue weighted by Crippen LogP contribution is -2.39. The lowest BCUT2D eigenvalue weighted by Gasteiger charge is -2.11. The Labute approximate surface area is 118 Å². The molecule has 2 rings (SSSR count). The minimum Gasteiger partial charge on any atom is -0.354 e. The van der Waals surface area contributed by atoms with Gasteiger partial charge in [-0.2, -0.15) is 0 Å². The highest BCUT2D eigenvalue weighted by Crippen LogP contribution is 2.31. The molecule has 0 bridgehead atoms. The standard InChI is InChI=1S/C13H17ClN2O.ClH/c14-11-4-2-1-3-10(11)7-13(17)16-8-12(15)9-5-6-9;/h1-4,9,12H,5-8,15H2,(H,16,17);1H. The van der Waals surface area contributed by atoms with Gasteiger partial charge in [0.1, 0.15) is 0 Å². The van der Waals surface area contributed by atoms with Crippen molar-refractivity contribution in [2.24, 2.45) is 11.7 Å². The van der Waals surface area contributed by atoms with Gasteiger partial charge in [-0.1, -0.05) is 29.8 Å². The smallest absolute Gasteiger partial charge is 0.224 e. The van der Waals surface area contributed by atoms with Crippen LogP contribution in [0.3, 0.4) is 0 Å². The van der Waals surface area contributed by atoms with Crippen LogP contribution in [0.25, 0.3) is 0 Å². The molecular formula is C13H18Cl2N2O. The van der Waals surface area contributed by atoms with Crippen molar-refractivity contribution in [3.05, 3.63) is 34.9 Å². The molecule has 18 heavy (non-hydrogen) atoms.